The van der Waals surface area contributed by atoms with Gasteiger partial charge in [-0.2, -0.15) is 4.31 Å². The maximum absolute atomic E-state index is 13.2. The van der Waals surface area contributed by atoms with Crippen molar-refractivity contribution in [2.75, 3.05) is 39.8 Å². The molecule has 2 amide bonds. The van der Waals surface area contributed by atoms with Gasteiger partial charge in [0, 0.05) is 44.6 Å². The molecule has 2 heterocycles. The highest BCUT2D eigenvalue weighted by atomic mass is 32.2. The van der Waals surface area contributed by atoms with Gasteiger partial charge in [0.15, 0.2) is 0 Å². The first-order chi connectivity index (χ1) is 14.3. The van der Waals surface area contributed by atoms with Crippen LogP contribution in [-0.4, -0.2) is 75.2 Å². The summed E-state index contributed by atoms with van der Waals surface area (Å²) >= 11 is 0. The minimum absolute atomic E-state index is 0.0900. The lowest BCUT2D eigenvalue weighted by atomic mass is 9.96. The third-order valence-electron chi connectivity index (χ3n) is 5.09. The van der Waals surface area contributed by atoms with E-state index in [1.807, 2.05) is 0 Å². The van der Waals surface area contributed by atoms with Gasteiger partial charge in [-0.25, -0.2) is 13.2 Å². The zero-order chi connectivity index (χ0) is 23.6. The lowest BCUT2D eigenvalue weighted by Crippen LogP contribution is -2.51. The first-order valence-electron chi connectivity index (χ1n) is 10.0. The number of methoxy groups -OCH3 is 1. The number of rotatable bonds is 6. The number of piperazine rings is 1. The topological polar surface area (TPSA) is 126 Å². The van der Waals surface area contributed by atoms with Crippen molar-refractivity contribution < 1.29 is 32.0 Å². The van der Waals surface area contributed by atoms with Gasteiger partial charge in [0.05, 0.1) is 7.11 Å². The molecule has 1 aromatic rings. The molecule has 11 heteroatoms. The van der Waals surface area contributed by atoms with Crippen molar-refractivity contribution in [2.24, 2.45) is 5.41 Å². The molecule has 1 aliphatic rings. The Kier molecular flexibility index (Phi) is 7.53. The minimum Gasteiger partial charge on any atom is -0.465 e. The van der Waals surface area contributed by atoms with Crippen molar-refractivity contribution >= 4 is 27.8 Å². The van der Waals surface area contributed by atoms with Crippen molar-refractivity contribution in [1.82, 2.24) is 14.5 Å². The normalized spacial score (nSPS) is 15.6. The minimum atomic E-state index is -4.01. The Morgan fingerprint density at radius 1 is 1.06 bits per heavy atom. The van der Waals surface area contributed by atoms with Gasteiger partial charge in [0.1, 0.15) is 22.0 Å². The molecule has 0 aliphatic carbocycles. The van der Waals surface area contributed by atoms with Gasteiger partial charge in [-0.05, 0) is 13.8 Å². The Morgan fingerprint density at radius 2 is 1.65 bits per heavy atom. The van der Waals surface area contributed by atoms with Crippen molar-refractivity contribution in [3.63, 3.8) is 0 Å². The van der Waals surface area contributed by atoms with Gasteiger partial charge >= 0.3 is 5.97 Å². The van der Waals surface area contributed by atoms with Gasteiger partial charge in [0.25, 0.3) is 0 Å². The maximum Gasteiger partial charge on any atom is 0.342 e. The molecule has 0 atom stereocenters. The number of ether oxygens (including phenoxy) is 1. The van der Waals surface area contributed by atoms with Gasteiger partial charge in [-0.1, -0.05) is 20.8 Å². The SMILES string of the molecule is COC(=O)c1c(C)oc(C)c1S(=O)(=O)N1CCN(C(=O)CCNC(=O)C(C)(C)C)CC1. The second-order valence-electron chi connectivity index (χ2n) is 8.45. The lowest BCUT2D eigenvalue weighted by molar-refractivity contribution is -0.132. The number of carbonyl (C=O) groups excluding carboxylic acids is 3. The average Bonchev–Trinajstić information content (AvgIpc) is 3.01. The summed E-state index contributed by atoms with van der Waals surface area (Å²) in [7, 11) is -2.83. The largest absolute Gasteiger partial charge is 0.465 e. The number of hydrogen-bond acceptors (Lipinski definition) is 7. The predicted molar refractivity (Wildman–Crippen MR) is 112 cm³/mol. The van der Waals surface area contributed by atoms with Crippen molar-refractivity contribution in [3.8, 4) is 0 Å². The molecule has 1 N–H and O–H groups in total. The van der Waals surface area contributed by atoms with E-state index >= 15 is 0 Å². The van der Waals surface area contributed by atoms with E-state index < -0.39 is 21.4 Å². The summed E-state index contributed by atoms with van der Waals surface area (Å²) in [6, 6.07) is 0. The van der Waals surface area contributed by atoms with E-state index in [0.29, 0.717) is 0 Å². The standard InChI is InChI=1S/C20H31N3O7S/c1-13-16(18(25)29-6)17(14(2)30-13)31(27,28)23-11-9-22(10-12-23)15(24)7-8-21-19(26)20(3,4)5/h7-12H2,1-6H3,(H,21,26). The number of hydrogen-bond donors (Lipinski definition) is 1. The number of amides is 2. The van der Waals surface area contributed by atoms with Gasteiger partial charge < -0.3 is 19.4 Å². The molecule has 0 saturated carbocycles. The number of esters is 1. The van der Waals surface area contributed by atoms with Crippen LogP contribution >= 0.6 is 0 Å². The summed E-state index contributed by atoms with van der Waals surface area (Å²) in [5.41, 5.74) is -0.636. The zero-order valence-corrected chi connectivity index (χ0v) is 19.7. The van der Waals surface area contributed by atoms with Crippen LogP contribution in [0.5, 0.6) is 0 Å². The van der Waals surface area contributed by atoms with Crippen LogP contribution in [0.4, 0.5) is 0 Å². The Bertz CT molecular complexity index is 952. The molecule has 1 aromatic heterocycles. The molecule has 31 heavy (non-hydrogen) atoms. The maximum atomic E-state index is 13.2. The van der Waals surface area contributed by atoms with Crippen molar-refractivity contribution in [3.05, 3.63) is 17.1 Å². The lowest BCUT2D eigenvalue weighted by Gasteiger charge is -2.34. The summed E-state index contributed by atoms with van der Waals surface area (Å²) in [6.45, 7) is 9.20. The molecule has 1 fully saturated rings. The summed E-state index contributed by atoms with van der Waals surface area (Å²) in [4.78, 5) is 37.8. The first-order valence-corrected chi connectivity index (χ1v) is 11.5. The summed E-state index contributed by atoms with van der Waals surface area (Å²) in [6.07, 6.45) is 0.140. The van der Waals surface area contributed by atoms with E-state index in [1.54, 1.807) is 25.7 Å². The molecule has 0 unspecified atom stereocenters. The molecule has 0 spiro atoms. The summed E-state index contributed by atoms with van der Waals surface area (Å²) < 4.78 is 37.7. The Balaban J connectivity index is 2.02. The number of nitrogens with one attached hydrogen (secondary N) is 1. The summed E-state index contributed by atoms with van der Waals surface area (Å²) in [5, 5.41) is 2.73. The Labute approximate surface area is 182 Å². The van der Waals surface area contributed by atoms with Crippen LogP contribution in [0.2, 0.25) is 0 Å². The fourth-order valence-corrected chi connectivity index (χ4v) is 5.12. The van der Waals surface area contributed by atoms with E-state index in [-0.39, 0.29) is 72.9 Å². The molecule has 1 saturated heterocycles. The fraction of sp³-hybridized carbons (Fsp3) is 0.650. The molecule has 2 rings (SSSR count). The van der Waals surface area contributed by atoms with Crippen LogP contribution in [0.25, 0.3) is 0 Å². The molecular formula is C20H31N3O7S. The first kappa shape index (κ1) is 24.9. The number of aryl methyl sites for hydroxylation is 2. The smallest absolute Gasteiger partial charge is 0.342 e. The summed E-state index contributed by atoms with van der Waals surface area (Å²) in [5.74, 6) is -0.778. The molecule has 0 radical (unpaired) electrons. The number of furan rings is 1. The highest BCUT2D eigenvalue weighted by molar-refractivity contribution is 7.89. The van der Waals surface area contributed by atoms with Crippen LogP contribution < -0.4 is 5.32 Å². The van der Waals surface area contributed by atoms with E-state index in [1.165, 1.54) is 25.3 Å². The monoisotopic (exact) mass is 457 g/mol. The van der Waals surface area contributed by atoms with Crippen molar-refractivity contribution in [1.29, 1.82) is 0 Å². The van der Waals surface area contributed by atoms with Crippen LogP contribution in [0.15, 0.2) is 9.31 Å². The van der Waals surface area contributed by atoms with Gasteiger partial charge in [-0.15, -0.1) is 0 Å². The van der Waals surface area contributed by atoms with Crippen LogP contribution in [0, 0.1) is 19.3 Å². The second-order valence-corrected chi connectivity index (χ2v) is 10.3. The number of carbonyl (C=O) groups is 3. The van der Waals surface area contributed by atoms with Crippen LogP contribution in [0.1, 0.15) is 49.1 Å². The van der Waals surface area contributed by atoms with E-state index in [9.17, 15) is 22.8 Å². The molecule has 1 aliphatic heterocycles. The average molecular weight is 458 g/mol. The van der Waals surface area contributed by atoms with E-state index in [4.69, 9.17) is 9.15 Å². The Morgan fingerprint density at radius 3 is 2.16 bits per heavy atom. The van der Waals surface area contributed by atoms with E-state index in [0.717, 1.165) is 0 Å². The third-order valence-corrected chi connectivity index (χ3v) is 7.14. The molecule has 10 nitrogen and oxygen atoms in total. The molecule has 174 valence electrons. The van der Waals surface area contributed by atoms with E-state index in [2.05, 4.69) is 5.32 Å². The number of sulfonamides is 1. The van der Waals surface area contributed by atoms with Gasteiger partial charge in [0.2, 0.25) is 21.8 Å². The quantitative estimate of drug-likeness (QED) is 0.633. The van der Waals surface area contributed by atoms with Crippen LogP contribution in [-0.2, 0) is 24.3 Å². The highest BCUT2D eigenvalue weighted by Gasteiger charge is 2.37. The third kappa shape index (κ3) is 5.45. The fourth-order valence-electron chi connectivity index (χ4n) is 3.33. The number of nitrogens with zero attached hydrogens (tertiary/aromatic N) is 2. The zero-order valence-electron chi connectivity index (χ0n) is 18.9. The van der Waals surface area contributed by atoms with Crippen LogP contribution in [0.3, 0.4) is 0 Å². The van der Waals surface area contributed by atoms with Gasteiger partial charge in [-0.3, -0.25) is 9.59 Å². The molecular weight excluding hydrogens is 426 g/mol. The molecule has 0 bridgehead atoms. The predicted octanol–water partition coefficient (Wildman–Crippen LogP) is 1.07. The van der Waals surface area contributed by atoms with Crippen molar-refractivity contribution in [2.45, 2.75) is 45.9 Å². The highest BCUT2D eigenvalue weighted by Crippen LogP contribution is 2.30. The Hall–Kier alpha value is -2.40. The second kappa shape index (κ2) is 9.39. The molecule has 0 aromatic carbocycles.